The third-order valence-electron chi connectivity index (χ3n) is 2.73. The van der Waals surface area contributed by atoms with Crippen LogP contribution in [0.1, 0.15) is 10.4 Å². The van der Waals surface area contributed by atoms with Gasteiger partial charge in [0.05, 0.1) is 10.5 Å². The van der Waals surface area contributed by atoms with E-state index in [9.17, 15) is 17.6 Å². The normalized spacial score (nSPS) is 11.2. The molecule has 4 nitrogen and oxygen atoms in total. The van der Waals surface area contributed by atoms with Crippen molar-refractivity contribution in [1.82, 2.24) is 0 Å². The Balaban J connectivity index is 2.22. The number of halogens is 1. The van der Waals surface area contributed by atoms with Crippen molar-refractivity contribution in [3.63, 3.8) is 0 Å². The predicted octanol–water partition coefficient (Wildman–Crippen LogP) is 2.77. The van der Waals surface area contributed by atoms with Crippen LogP contribution in [-0.2, 0) is 9.84 Å². The van der Waals surface area contributed by atoms with Gasteiger partial charge in [0.1, 0.15) is 5.82 Å². The first-order valence-corrected chi connectivity index (χ1v) is 8.21. The Morgan fingerprint density at radius 2 is 1.76 bits per heavy atom. The average molecular weight is 325 g/mol. The van der Waals surface area contributed by atoms with E-state index in [4.69, 9.17) is 0 Å². The largest absolute Gasteiger partial charge is 0.322 e. The van der Waals surface area contributed by atoms with Gasteiger partial charge in [0.2, 0.25) is 0 Å². The van der Waals surface area contributed by atoms with Crippen LogP contribution in [0.15, 0.2) is 52.3 Å². The maximum absolute atomic E-state index is 13.6. The van der Waals surface area contributed by atoms with Gasteiger partial charge in [-0.3, -0.25) is 4.79 Å². The first kappa shape index (κ1) is 15.5. The molecule has 0 bridgehead atoms. The summed E-state index contributed by atoms with van der Waals surface area (Å²) in [5.41, 5.74) is 0.242. The molecule has 0 aliphatic heterocycles. The predicted molar refractivity (Wildman–Crippen MR) is 81.2 cm³/mol. The van der Waals surface area contributed by atoms with Crippen LogP contribution in [0.4, 0.5) is 10.1 Å². The maximum atomic E-state index is 13.6. The summed E-state index contributed by atoms with van der Waals surface area (Å²) in [6, 6.07) is 9.54. The molecule has 7 heteroatoms. The number of sulfone groups is 1. The summed E-state index contributed by atoms with van der Waals surface area (Å²) in [5.74, 6) is -1.28. The molecule has 0 spiro atoms. The summed E-state index contributed by atoms with van der Waals surface area (Å²) in [5, 5.41) is 2.50. The fourth-order valence-corrected chi connectivity index (χ4v) is 2.51. The summed E-state index contributed by atoms with van der Waals surface area (Å²) >= 11 is 4.05. The van der Waals surface area contributed by atoms with Crippen molar-refractivity contribution in [1.29, 1.82) is 0 Å². The zero-order valence-corrected chi connectivity index (χ0v) is 12.7. The van der Waals surface area contributed by atoms with Gasteiger partial charge in [0.15, 0.2) is 9.84 Å². The van der Waals surface area contributed by atoms with E-state index in [0.29, 0.717) is 10.6 Å². The minimum absolute atomic E-state index is 0.130. The van der Waals surface area contributed by atoms with Crippen LogP contribution in [0.5, 0.6) is 0 Å². The van der Waals surface area contributed by atoms with Gasteiger partial charge >= 0.3 is 0 Å². The second-order valence-electron chi connectivity index (χ2n) is 4.41. The van der Waals surface area contributed by atoms with E-state index in [1.165, 1.54) is 36.4 Å². The zero-order chi connectivity index (χ0) is 15.6. The van der Waals surface area contributed by atoms with Crippen molar-refractivity contribution < 1.29 is 17.6 Å². The quantitative estimate of drug-likeness (QED) is 0.853. The number of hydrogen-bond acceptors (Lipinski definition) is 4. The smallest absolute Gasteiger partial charge is 0.258 e. The summed E-state index contributed by atoms with van der Waals surface area (Å²) < 4.78 is 36.2. The highest BCUT2D eigenvalue weighted by Gasteiger charge is 2.13. The molecule has 110 valence electrons. The highest BCUT2D eigenvalue weighted by atomic mass is 32.2. The van der Waals surface area contributed by atoms with E-state index in [0.717, 1.165) is 12.3 Å². The molecule has 0 fully saturated rings. The Kier molecular flexibility index (Phi) is 4.34. The van der Waals surface area contributed by atoms with Crippen molar-refractivity contribution in [2.75, 3.05) is 11.6 Å². The van der Waals surface area contributed by atoms with Crippen molar-refractivity contribution in [3.05, 3.63) is 53.8 Å². The standard InChI is InChI=1S/C14H12FNO3S2/c1-21(18,19)11-5-2-9(3-6-11)16-14(17)12-8-10(20)4-7-13(12)15/h2-8,20H,1H3,(H,16,17). The molecule has 0 aliphatic carbocycles. The molecule has 2 aromatic carbocycles. The molecule has 0 atom stereocenters. The lowest BCUT2D eigenvalue weighted by atomic mass is 10.2. The highest BCUT2D eigenvalue weighted by molar-refractivity contribution is 7.90. The number of thiol groups is 1. The molecule has 1 N–H and O–H groups in total. The Morgan fingerprint density at radius 3 is 2.33 bits per heavy atom. The third-order valence-corrected chi connectivity index (χ3v) is 4.14. The molecule has 2 aromatic rings. The van der Waals surface area contributed by atoms with Crippen LogP contribution >= 0.6 is 12.6 Å². The van der Waals surface area contributed by atoms with E-state index in [-0.39, 0.29) is 10.5 Å². The molecule has 1 amide bonds. The monoisotopic (exact) mass is 325 g/mol. The van der Waals surface area contributed by atoms with Crippen LogP contribution in [0, 0.1) is 5.82 Å². The van der Waals surface area contributed by atoms with Gasteiger partial charge in [-0.1, -0.05) is 0 Å². The molecule has 0 saturated carbocycles. The Hall–Kier alpha value is -1.86. The number of anilines is 1. The second kappa shape index (κ2) is 5.87. The lowest BCUT2D eigenvalue weighted by Crippen LogP contribution is -2.13. The van der Waals surface area contributed by atoms with Crippen molar-refractivity contribution in [2.45, 2.75) is 9.79 Å². The summed E-state index contributed by atoms with van der Waals surface area (Å²) in [6.45, 7) is 0. The van der Waals surface area contributed by atoms with E-state index < -0.39 is 21.6 Å². The van der Waals surface area contributed by atoms with Gasteiger partial charge in [-0.25, -0.2) is 12.8 Å². The van der Waals surface area contributed by atoms with Crippen LogP contribution in [0.2, 0.25) is 0 Å². The molecule has 0 radical (unpaired) electrons. The van der Waals surface area contributed by atoms with Crippen molar-refractivity contribution in [2.24, 2.45) is 0 Å². The van der Waals surface area contributed by atoms with Crippen LogP contribution in [0.25, 0.3) is 0 Å². The number of carbonyl (C=O) groups is 1. The molecule has 0 heterocycles. The molecule has 0 unspecified atom stereocenters. The molecular formula is C14H12FNO3S2. The fourth-order valence-electron chi connectivity index (χ4n) is 1.67. The molecular weight excluding hydrogens is 313 g/mol. The van der Waals surface area contributed by atoms with Gasteiger partial charge in [-0.05, 0) is 42.5 Å². The van der Waals surface area contributed by atoms with E-state index in [1.54, 1.807) is 0 Å². The van der Waals surface area contributed by atoms with E-state index in [2.05, 4.69) is 17.9 Å². The summed E-state index contributed by atoms with van der Waals surface area (Å²) in [6.07, 6.45) is 1.09. The van der Waals surface area contributed by atoms with Gasteiger partial charge < -0.3 is 5.32 Å². The number of nitrogens with one attached hydrogen (secondary N) is 1. The Labute approximate surface area is 127 Å². The second-order valence-corrected chi connectivity index (χ2v) is 6.95. The molecule has 0 aliphatic rings. The minimum atomic E-state index is -3.30. The summed E-state index contributed by atoms with van der Waals surface area (Å²) in [4.78, 5) is 12.6. The topological polar surface area (TPSA) is 63.2 Å². The van der Waals surface area contributed by atoms with Gasteiger partial charge in [0.25, 0.3) is 5.91 Å². The van der Waals surface area contributed by atoms with E-state index in [1.807, 2.05) is 0 Å². The highest BCUT2D eigenvalue weighted by Crippen LogP contribution is 2.17. The molecule has 0 aromatic heterocycles. The number of benzene rings is 2. The first-order valence-electron chi connectivity index (χ1n) is 5.87. The van der Waals surface area contributed by atoms with Crippen LogP contribution in [0.3, 0.4) is 0 Å². The fraction of sp³-hybridized carbons (Fsp3) is 0.0714. The lowest BCUT2D eigenvalue weighted by molar-refractivity contribution is 0.102. The molecule has 2 rings (SSSR count). The first-order chi connectivity index (χ1) is 9.77. The maximum Gasteiger partial charge on any atom is 0.258 e. The van der Waals surface area contributed by atoms with Crippen molar-refractivity contribution >= 4 is 34.1 Å². The third kappa shape index (κ3) is 3.83. The molecule has 0 saturated heterocycles. The SMILES string of the molecule is CS(=O)(=O)c1ccc(NC(=O)c2cc(S)ccc2F)cc1. The minimum Gasteiger partial charge on any atom is -0.322 e. The number of amides is 1. The summed E-state index contributed by atoms with van der Waals surface area (Å²) in [7, 11) is -3.30. The molecule has 21 heavy (non-hydrogen) atoms. The van der Waals surface area contributed by atoms with Crippen LogP contribution in [-0.4, -0.2) is 20.6 Å². The number of rotatable bonds is 3. The lowest BCUT2D eigenvalue weighted by Gasteiger charge is -2.07. The Bertz CT molecular complexity index is 786. The number of carbonyl (C=O) groups excluding carboxylic acids is 1. The average Bonchev–Trinajstić information content (AvgIpc) is 2.41. The van der Waals surface area contributed by atoms with E-state index >= 15 is 0 Å². The Morgan fingerprint density at radius 1 is 1.14 bits per heavy atom. The van der Waals surface area contributed by atoms with Gasteiger partial charge in [-0.2, -0.15) is 0 Å². The van der Waals surface area contributed by atoms with Crippen LogP contribution < -0.4 is 5.32 Å². The van der Waals surface area contributed by atoms with Gasteiger partial charge in [-0.15, -0.1) is 12.6 Å². The zero-order valence-electron chi connectivity index (χ0n) is 11.0. The van der Waals surface area contributed by atoms with Gasteiger partial charge in [0, 0.05) is 16.8 Å². The number of hydrogen-bond donors (Lipinski definition) is 2. The van der Waals surface area contributed by atoms with Crippen molar-refractivity contribution in [3.8, 4) is 0 Å².